The van der Waals surface area contributed by atoms with E-state index in [1.807, 2.05) is 0 Å². The van der Waals surface area contributed by atoms with Crippen LogP contribution < -0.4 is 33.5 Å². The maximum Gasteiger partial charge on any atom is 0.340 e. The molecule has 418 valence electrons. The van der Waals surface area contributed by atoms with Crippen LogP contribution in [0.25, 0.3) is 0 Å². The van der Waals surface area contributed by atoms with E-state index in [0.717, 1.165) is 25.7 Å². The average molecular weight is 1100 g/mol. The highest BCUT2D eigenvalue weighted by Crippen LogP contribution is 2.58. The van der Waals surface area contributed by atoms with Crippen molar-refractivity contribution in [1.29, 1.82) is 0 Å². The molecule has 2 aliphatic rings. The smallest absolute Gasteiger partial charge is 0.340 e. The van der Waals surface area contributed by atoms with Crippen molar-refractivity contribution < 1.29 is 114 Å². The molecular formula is C53H52N2O24. The molecule has 6 rings (SSSR count). The molecular weight excluding hydrogens is 1050 g/mol. The summed E-state index contributed by atoms with van der Waals surface area (Å²) in [4.78, 5) is 128. The summed E-state index contributed by atoms with van der Waals surface area (Å²) in [5.74, 6) is -7.94. The number of esters is 10. The predicted molar refractivity (Wildman–Crippen MR) is 264 cm³/mol. The van der Waals surface area contributed by atoms with E-state index in [1.165, 1.54) is 79.4 Å². The topological polar surface area (TPSA) is 306 Å². The first-order chi connectivity index (χ1) is 37.6. The van der Waals surface area contributed by atoms with Gasteiger partial charge in [0.25, 0.3) is 0 Å². The Balaban J connectivity index is 1.44. The number of hydrogen-bond acceptors (Lipinski definition) is 26. The summed E-state index contributed by atoms with van der Waals surface area (Å²) < 4.78 is 75.8. The molecule has 1 spiro atoms. The van der Waals surface area contributed by atoms with Crippen molar-refractivity contribution in [1.82, 2.24) is 0 Å². The molecule has 0 bridgehead atoms. The number of anilines is 2. The van der Waals surface area contributed by atoms with E-state index in [1.54, 1.807) is 19.1 Å². The standard InChI is InChI=1S/C53H52N2O24/c1-30(2)68-26-72-48(61)22-54(23-49(62)73-27-69-31(3)56)42-10-8-9-11-44(42)66-16-17-67-47-21-41-38(20-43(47)55(24-50(63)74-28-70-32(4)57)25-51(64)75-29-71-33(5)58)52(65)79-53(41)39-14-12-36(76-34(6)59)18-45(39)78-46-19-37(77-35(7)60)13-15-40(46)53/h8-15,18-21H,1,16-17,22-29H2,2-7H3. The second kappa shape index (κ2) is 26.7. The molecule has 4 aromatic carbocycles. The van der Waals surface area contributed by atoms with Gasteiger partial charge in [-0.1, -0.05) is 18.7 Å². The van der Waals surface area contributed by atoms with E-state index < -0.39 is 119 Å². The SMILES string of the molecule is C=C(C)OCOC(=O)CN(CC(=O)OCOC(C)=O)c1ccccc1OCCOc1cc2c(cc1N(CC(=O)OCOC(C)=O)CC(=O)OCOC(C)=O)C(=O)OC21c2ccc(OC(C)=O)cc2Oc2cc(OC(C)=O)ccc21. The van der Waals surface area contributed by atoms with Crippen LogP contribution in [0.1, 0.15) is 68.6 Å². The van der Waals surface area contributed by atoms with Gasteiger partial charge in [-0.15, -0.1) is 0 Å². The van der Waals surface area contributed by atoms with E-state index in [0.29, 0.717) is 0 Å². The Morgan fingerprint density at radius 3 is 1.35 bits per heavy atom. The minimum absolute atomic E-state index is 0.0401. The molecule has 2 heterocycles. The van der Waals surface area contributed by atoms with Crippen LogP contribution in [0.2, 0.25) is 0 Å². The van der Waals surface area contributed by atoms with Crippen LogP contribution in [0.15, 0.2) is 85.1 Å². The lowest BCUT2D eigenvalue weighted by Crippen LogP contribution is -2.37. The molecule has 0 saturated heterocycles. The first kappa shape index (κ1) is 58.4. The van der Waals surface area contributed by atoms with Gasteiger partial charge in [-0.2, -0.15) is 0 Å². The molecule has 4 aromatic rings. The molecule has 2 aliphatic heterocycles. The van der Waals surface area contributed by atoms with Crippen molar-refractivity contribution in [2.24, 2.45) is 0 Å². The molecule has 0 aliphatic carbocycles. The van der Waals surface area contributed by atoms with E-state index in [2.05, 4.69) is 6.58 Å². The van der Waals surface area contributed by atoms with Crippen LogP contribution in [0.3, 0.4) is 0 Å². The van der Waals surface area contributed by atoms with Crippen molar-refractivity contribution >= 4 is 71.1 Å². The molecule has 0 aromatic heterocycles. The number of fused-ring (bicyclic) bond motifs is 6. The van der Waals surface area contributed by atoms with Crippen molar-refractivity contribution in [3.63, 3.8) is 0 Å². The van der Waals surface area contributed by atoms with Crippen LogP contribution in [0.4, 0.5) is 11.4 Å². The molecule has 0 atom stereocenters. The quantitative estimate of drug-likeness (QED) is 0.0210. The van der Waals surface area contributed by atoms with Crippen LogP contribution in [0.5, 0.6) is 34.5 Å². The minimum Gasteiger partial charge on any atom is -0.488 e. The zero-order valence-electron chi connectivity index (χ0n) is 43.4. The molecule has 26 nitrogen and oxygen atoms in total. The lowest BCUT2D eigenvalue weighted by atomic mass is 9.77. The normalized spacial score (nSPS) is 12.0. The highest BCUT2D eigenvalue weighted by molar-refractivity contribution is 5.99. The highest BCUT2D eigenvalue weighted by Gasteiger charge is 2.54. The lowest BCUT2D eigenvalue weighted by Gasteiger charge is -2.37. The fourth-order valence-electron chi connectivity index (χ4n) is 7.65. The minimum atomic E-state index is -1.90. The van der Waals surface area contributed by atoms with Gasteiger partial charge >= 0.3 is 59.7 Å². The first-order valence-corrected chi connectivity index (χ1v) is 23.5. The van der Waals surface area contributed by atoms with Crippen LogP contribution in [-0.2, 0) is 91.4 Å². The first-order valence-electron chi connectivity index (χ1n) is 23.5. The summed E-state index contributed by atoms with van der Waals surface area (Å²) in [7, 11) is 0. The van der Waals surface area contributed by atoms with Gasteiger partial charge in [0, 0.05) is 63.4 Å². The van der Waals surface area contributed by atoms with E-state index in [4.69, 9.17) is 66.3 Å². The van der Waals surface area contributed by atoms with Crippen molar-refractivity contribution in [3.05, 3.63) is 107 Å². The number of nitrogens with zero attached hydrogens (tertiary/aromatic N) is 2. The zero-order valence-corrected chi connectivity index (χ0v) is 43.4. The molecule has 0 unspecified atom stereocenters. The number of para-hydroxylation sites is 2. The largest absolute Gasteiger partial charge is 0.488 e. The Labute approximate surface area is 449 Å². The molecule has 0 amide bonds. The zero-order chi connectivity index (χ0) is 57.4. The maximum absolute atomic E-state index is 14.5. The monoisotopic (exact) mass is 1100 g/mol. The molecule has 26 heteroatoms. The summed E-state index contributed by atoms with van der Waals surface area (Å²) in [5, 5.41) is 0. The Kier molecular flexibility index (Phi) is 19.8. The molecule has 0 N–H and O–H groups in total. The van der Waals surface area contributed by atoms with Crippen molar-refractivity contribution in [3.8, 4) is 34.5 Å². The fraction of sp³-hybridized carbons (Fsp3) is 0.321. The van der Waals surface area contributed by atoms with E-state index >= 15 is 0 Å². The third-order valence-corrected chi connectivity index (χ3v) is 10.7. The second-order valence-corrected chi connectivity index (χ2v) is 16.7. The molecule has 0 fully saturated rings. The summed E-state index contributed by atoms with van der Waals surface area (Å²) in [6.45, 7) is 4.58. The van der Waals surface area contributed by atoms with Crippen LogP contribution in [-0.4, -0.2) is 126 Å². The van der Waals surface area contributed by atoms with Crippen molar-refractivity contribution in [2.75, 3.05) is 76.4 Å². The molecule has 0 radical (unpaired) electrons. The maximum atomic E-state index is 14.5. The van der Waals surface area contributed by atoms with E-state index in [9.17, 15) is 47.9 Å². The van der Waals surface area contributed by atoms with Crippen LogP contribution >= 0.6 is 0 Å². The fourth-order valence-corrected chi connectivity index (χ4v) is 7.65. The third-order valence-electron chi connectivity index (χ3n) is 10.7. The van der Waals surface area contributed by atoms with Gasteiger partial charge in [0.1, 0.15) is 73.9 Å². The number of allylic oxidation sites excluding steroid dienone is 1. The summed E-state index contributed by atoms with van der Waals surface area (Å²) in [5.41, 5.74) is -1.44. The van der Waals surface area contributed by atoms with Crippen LogP contribution in [0, 0.1) is 0 Å². The number of carbonyl (C=O) groups is 10. The average Bonchev–Trinajstić information content (AvgIpc) is 3.73. The molecule has 79 heavy (non-hydrogen) atoms. The van der Waals surface area contributed by atoms with Gasteiger partial charge in [0.05, 0.1) is 22.7 Å². The summed E-state index contributed by atoms with van der Waals surface area (Å²) in [6.07, 6.45) is 0. The van der Waals surface area contributed by atoms with Gasteiger partial charge in [0.15, 0.2) is 5.60 Å². The number of rotatable bonds is 26. The van der Waals surface area contributed by atoms with Gasteiger partial charge in [-0.25, -0.2) is 4.79 Å². The van der Waals surface area contributed by atoms with Gasteiger partial charge < -0.3 is 76.1 Å². The summed E-state index contributed by atoms with van der Waals surface area (Å²) >= 11 is 0. The Bertz CT molecular complexity index is 2910. The second-order valence-electron chi connectivity index (χ2n) is 16.7. The number of benzene rings is 4. The van der Waals surface area contributed by atoms with Crippen molar-refractivity contribution in [2.45, 2.75) is 47.1 Å². The van der Waals surface area contributed by atoms with Gasteiger partial charge in [-0.05, 0) is 55.5 Å². The van der Waals surface area contributed by atoms with Gasteiger partial charge in [-0.3, -0.25) is 43.2 Å². The summed E-state index contributed by atoms with van der Waals surface area (Å²) in [6, 6.07) is 17.5. The van der Waals surface area contributed by atoms with E-state index in [-0.39, 0.29) is 87.1 Å². The Morgan fingerprint density at radius 1 is 0.481 bits per heavy atom. The number of hydrogen-bond donors (Lipinski definition) is 0. The third kappa shape index (κ3) is 15.8. The lowest BCUT2D eigenvalue weighted by molar-refractivity contribution is -0.167. The van der Waals surface area contributed by atoms with Gasteiger partial charge in [0.2, 0.25) is 27.2 Å². The number of carbonyl (C=O) groups excluding carboxylic acids is 10. The Morgan fingerprint density at radius 2 is 0.911 bits per heavy atom. The Hall–Kier alpha value is -9.88. The molecule has 0 saturated carbocycles. The predicted octanol–water partition coefficient (Wildman–Crippen LogP) is 4.42. The number of ether oxygens (including phenoxy) is 14. The highest BCUT2D eigenvalue weighted by atomic mass is 16.7.